The Morgan fingerprint density at radius 1 is 1.12 bits per heavy atom. The molecule has 0 spiro atoms. The van der Waals surface area contributed by atoms with E-state index in [1.807, 2.05) is 42.5 Å². The molecule has 1 fully saturated rings. The molecule has 134 valence electrons. The van der Waals surface area contributed by atoms with Gasteiger partial charge in [-0.25, -0.2) is 0 Å². The second-order valence-electron chi connectivity index (χ2n) is 6.85. The normalized spacial score (nSPS) is 17.5. The maximum atomic E-state index is 12.6. The van der Waals surface area contributed by atoms with Crippen molar-refractivity contribution in [3.05, 3.63) is 60.2 Å². The first kappa shape index (κ1) is 17.2. The van der Waals surface area contributed by atoms with Crippen LogP contribution in [0.2, 0.25) is 0 Å². The molecule has 26 heavy (non-hydrogen) atoms. The lowest BCUT2D eigenvalue weighted by molar-refractivity contribution is -0.121. The monoisotopic (exact) mass is 366 g/mol. The van der Waals surface area contributed by atoms with Crippen LogP contribution in [0, 0.1) is 5.92 Å². The van der Waals surface area contributed by atoms with E-state index in [4.69, 9.17) is 0 Å². The predicted molar refractivity (Wildman–Crippen MR) is 104 cm³/mol. The summed E-state index contributed by atoms with van der Waals surface area (Å²) in [5.74, 6) is 1.06. The van der Waals surface area contributed by atoms with Crippen LogP contribution in [-0.4, -0.2) is 24.1 Å². The van der Waals surface area contributed by atoms with Crippen LogP contribution in [0.3, 0.4) is 0 Å². The van der Waals surface area contributed by atoms with Gasteiger partial charge in [-0.15, -0.1) is 11.8 Å². The Bertz CT molecular complexity index is 805. The van der Waals surface area contributed by atoms with Crippen LogP contribution in [0.25, 0.3) is 0 Å². The van der Waals surface area contributed by atoms with E-state index in [1.165, 1.54) is 5.56 Å². The van der Waals surface area contributed by atoms with Crippen LogP contribution in [0.1, 0.15) is 30.9 Å². The van der Waals surface area contributed by atoms with Gasteiger partial charge in [-0.05, 0) is 36.5 Å². The second kappa shape index (κ2) is 7.54. The highest BCUT2D eigenvalue weighted by Gasteiger charge is 2.33. The number of fused-ring (bicyclic) bond motifs is 1. The molecule has 1 N–H and O–H groups in total. The van der Waals surface area contributed by atoms with E-state index in [-0.39, 0.29) is 17.9 Å². The van der Waals surface area contributed by atoms with Crippen molar-refractivity contribution in [2.75, 3.05) is 17.2 Å². The Labute approximate surface area is 158 Å². The molecule has 1 unspecified atom stereocenters. The van der Waals surface area contributed by atoms with E-state index < -0.39 is 0 Å². The molecule has 1 atom stereocenters. The molecule has 0 radical (unpaired) electrons. The van der Waals surface area contributed by atoms with Crippen LogP contribution in [0.4, 0.5) is 5.69 Å². The summed E-state index contributed by atoms with van der Waals surface area (Å²) in [7, 11) is 0. The summed E-state index contributed by atoms with van der Waals surface area (Å²) in [5.41, 5.74) is 2.09. The fourth-order valence-corrected chi connectivity index (χ4v) is 4.36. The molecule has 0 bridgehead atoms. The molecule has 2 aromatic carbocycles. The zero-order chi connectivity index (χ0) is 17.9. The minimum Gasteiger partial charge on any atom is -0.349 e. The third-order valence-corrected chi connectivity index (χ3v) is 5.99. The molecule has 2 aromatic rings. The number of hydrogen-bond donors (Lipinski definition) is 1. The number of hydrogen-bond acceptors (Lipinski definition) is 3. The molecule has 2 amide bonds. The van der Waals surface area contributed by atoms with E-state index in [0.29, 0.717) is 24.6 Å². The van der Waals surface area contributed by atoms with Gasteiger partial charge in [0.1, 0.15) is 0 Å². The van der Waals surface area contributed by atoms with E-state index in [0.717, 1.165) is 23.4 Å². The lowest BCUT2D eigenvalue weighted by Gasteiger charge is -2.29. The average Bonchev–Trinajstić information content (AvgIpc) is 3.51. The number of benzene rings is 2. The van der Waals surface area contributed by atoms with Gasteiger partial charge in [-0.1, -0.05) is 42.5 Å². The van der Waals surface area contributed by atoms with Gasteiger partial charge in [-0.3, -0.25) is 9.59 Å². The first-order chi connectivity index (χ1) is 12.7. The number of anilines is 1. The molecule has 1 saturated carbocycles. The van der Waals surface area contributed by atoms with E-state index >= 15 is 0 Å². The summed E-state index contributed by atoms with van der Waals surface area (Å²) in [6.45, 7) is 0.425. The van der Waals surface area contributed by atoms with Crippen molar-refractivity contribution in [3.8, 4) is 0 Å². The van der Waals surface area contributed by atoms with Gasteiger partial charge in [0.2, 0.25) is 11.8 Å². The number of amides is 2. The van der Waals surface area contributed by atoms with Gasteiger partial charge in [0.25, 0.3) is 0 Å². The largest absolute Gasteiger partial charge is 0.349 e. The van der Waals surface area contributed by atoms with Crippen molar-refractivity contribution in [3.63, 3.8) is 0 Å². The van der Waals surface area contributed by atoms with E-state index in [2.05, 4.69) is 17.4 Å². The third-order valence-electron chi connectivity index (χ3n) is 4.94. The second-order valence-corrected chi connectivity index (χ2v) is 7.86. The maximum absolute atomic E-state index is 12.6. The highest BCUT2D eigenvalue weighted by atomic mass is 32.2. The van der Waals surface area contributed by atoms with E-state index in [1.54, 1.807) is 16.7 Å². The first-order valence-electron chi connectivity index (χ1n) is 9.09. The lowest BCUT2D eigenvalue weighted by Crippen LogP contribution is -2.39. The van der Waals surface area contributed by atoms with Crippen LogP contribution in [0.5, 0.6) is 0 Å². The van der Waals surface area contributed by atoms with Crippen molar-refractivity contribution in [2.24, 2.45) is 5.92 Å². The van der Waals surface area contributed by atoms with Gasteiger partial charge in [0.15, 0.2) is 0 Å². The Balaban J connectivity index is 1.40. The zero-order valence-electron chi connectivity index (χ0n) is 14.6. The molecule has 2 aliphatic rings. The first-order valence-corrected chi connectivity index (χ1v) is 10.1. The highest BCUT2D eigenvalue weighted by Crippen LogP contribution is 2.41. The maximum Gasteiger partial charge on any atom is 0.237 e. The minimum atomic E-state index is 0.00857. The summed E-state index contributed by atoms with van der Waals surface area (Å²) >= 11 is 1.56. The Hall–Kier alpha value is -2.27. The van der Waals surface area contributed by atoms with Crippen molar-refractivity contribution in [1.29, 1.82) is 0 Å². The Morgan fingerprint density at radius 2 is 1.85 bits per heavy atom. The molecule has 1 aliphatic heterocycles. The predicted octanol–water partition coefficient (Wildman–Crippen LogP) is 3.78. The SMILES string of the molecule is O=C(CCN1C(=O)CSc2ccccc21)NC(c1ccccc1)C1CC1. The molecule has 4 nitrogen and oxygen atoms in total. The zero-order valence-corrected chi connectivity index (χ0v) is 15.4. The van der Waals surface area contributed by atoms with Crippen molar-refractivity contribution >= 4 is 29.3 Å². The molecular formula is C21H22N2O2S. The minimum absolute atomic E-state index is 0.00857. The van der Waals surface area contributed by atoms with Gasteiger partial charge in [0, 0.05) is 17.9 Å². The molecule has 1 heterocycles. The lowest BCUT2D eigenvalue weighted by atomic mass is 10.0. The number of carbonyl (C=O) groups is 2. The molecule has 0 aromatic heterocycles. The molecule has 0 saturated heterocycles. The fourth-order valence-electron chi connectivity index (χ4n) is 3.42. The molecule has 1 aliphatic carbocycles. The van der Waals surface area contributed by atoms with Crippen LogP contribution < -0.4 is 10.2 Å². The quantitative estimate of drug-likeness (QED) is 0.846. The van der Waals surface area contributed by atoms with Crippen molar-refractivity contribution < 1.29 is 9.59 Å². The van der Waals surface area contributed by atoms with Crippen LogP contribution in [-0.2, 0) is 9.59 Å². The number of thioether (sulfide) groups is 1. The summed E-state index contributed by atoms with van der Waals surface area (Å²) in [6.07, 6.45) is 2.64. The summed E-state index contributed by atoms with van der Waals surface area (Å²) < 4.78 is 0. The van der Waals surface area contributed by atoms with Crippen molar-refractivity contribution in [2.45, 2.75) is 30.2 Å². The average molecular weight is 366 g/mol. The molecule has 4 rings (SSSR count). The smallest absolute Gasteiger partial charge is 0.237 e. The highest BCUT2D eigenvalue weighted by molar-refractivity contribution is 8.00. The summed E-state index contributed by atoms with van der Waals surface area (Å²) in [5, 5.41) is 3.19. The summed E-state index contributed by atoms with van der Waals surface area (Å²) in [4.78, 5) is 27.7. The van der Waals surface area contributed by atoms with Gasteiger partial charge in [-0.2, -0.15) is 0 Å². The van der Waals surface area contributed by atoms with Crippen molar-refractivity contribution in [1.82, 2.24) is 5.32 Å². The topological polar surface area (TPSA) is 49.4 Å². The number of nitrogens with zero attached hydrogens (tertiary/aromatic N) is 1. The molecular weight excluding hydrogens is 344 g/mol. The van der Waals surface area contributed by atoms with Gasteiger partial charge in [0.05, 0.1) is 17.5 Å². The number of para-hydroxylation sites is 1. The standard InChI is InChI=1S/C21H22N2O2S/c24-19(22-21(16-10-11-16)15-6-2-1-3-7-15)12-13-23-17-8-4-5-9-18(17)26-14-20(23)25/h1-9,16,21H,10-14H2,(H,22,24). The molecule has 5 heteroatoms. The number of rotatable bonds is 6. The number of carbonyl (C=O) groups excluding carboxylic acids is 2. The Kier molecular flexibility index (Phi) is 4.98. The van der Waals surface area contributed by atoms with Gasteiger partial charge >= 0.3 is 0 Å². The third kappa shape index (κ3) is 3.78. The summed E-state index contributed by atoms with van der Waals surface area (Å²) in [6, 6.07) is 18.1. The van der Waals surface area contributed by atoms with E-state index in [9.17, 15) is 9.59 Å². The van der Waals surface area contributed by atoms with Gasteiger partial charge < -0.3 is 10.2 Å². The fraction of sp³-hybridized carbons (Fsp3) is 0.333. The Morgan fingerprint density at radius 3 is 2.62 bits per heavy atom. The number of nitrogens with one attached hydrogen (secondary N) is 1. The van der Waals surface area contributed by atoms with Crippen LogP contribution >= 0.6 is 11.8 Å². The van der Waals surface area contributed by atoms with Crippen LogP contribution in [0.15, 0.2) is 59.5 Å².